The lowest BCUT2D eigenvalue weighted by atomic mass is 10.3. The summed E-state index contributed by atoms with van der Waals surface area (Å²) in [6, 6.07) is 7.52. The van der Waals surface area contributed by atoms with Crippen LogP contribution in [0, 0.1) is 10.1 Å². The van der Waals surface area contributed by atoms with Gasteiger partial charge in [-0.25, -0.2) is 17.8 Å². The third kappa shape index (κ3) is 3.90. The van der Waals surface area contributed by atoms with Gasteiger partial charge in [0.25, 0.3) is 5.69 Å². The molecule has 0 unspecified atom stereocenters. The lowest BCUT2D eigenvalue weighted by Crippen LogP contribution is -2.18. The van der Waals surface area contributed by atoms with Crippen molar-refractivity contribution in [2.24, 2.45) is 0 Å². The highest BCUT2D eigenvalue weighted by Gasteiger charge is 2.22. The van der Waals surface area contributed by atoms with E-state index >= 15 is 0 Å². The molecule has 3 aromatic rings. The van der Waals surface area contributed by atoms with Crippen molar-refractivity contribution < 1.29 is 13.3 Å². The average Bonchev–Trinajstić information content (AvgIpc) is 3.28. The summed E-state index contributed by atoms with van der Waals surface area (Å²) in [5.74, 6) is 0. The molecule has 0 aliphatic carbocycles. The van der Waals surface area contributed by atoms with Crippen molar-refractivity contribution in [1.82, 2.24) is 24.9 Å². The summed E-state index contributed by atoms with van der Waals surface area (Å²) in [6.45, 7) is 0.438. The Morgan fingerprint density at radius 2 is 2.19 bits per heavy atom. The SMILES string of the molecule is CNS(=O)(=O)c1ccc(Sc2nnnn2Cc2cccs2)c([N+](=O)[O-])c1. The summed E-state index contributed by atoms with van der Waals surface area (Å²) in [5, 5.41) is 25.1. The fourth-order valence-corrected chi connectivity index (χ4v) is 4.32. The maximum absolute atomic E-state index is 11.9. The Morgan fingerprint density at radius 1 is 1.38 bits per heavy atom. The average molecular weight is 412 g/mol. The number of hydrogen-bond acceptors (Lipinski definition) is 9. The molecule has 0 bridgehead atoms. The van der Waals surface area contributed by atoms with Crippen LogP contribution in [0.3, 0.4) is 0 Å². The smallest absolute Gasteiger partial charge is 0.258 e. The number of sulfonamides is 1. The number of nitrogens with one attached hydrogen (secondary N) is 1. The van der Waals surface area contributed by atoms with Crippen LogP contribution in [0.5, 0.6) is 0 Å². The van der Waals surface area contributed by atoms with Crippen molar-refractivity contribution in [1.29, 1.82) is 0 Å². The molecule has 0 fully saturated rings. The van der Waals surface area contributed by atoms with Crippen LogP contribution in [-0.4, -0.2) is 40.6 Å². The molecule has 0 radical (unpaired) electrons. The molecule has 2 aromatic heterocycles. The molecule has 136 valence electrons. The Bertz CT molecular complexity index is 1030. The zero-order chi connectivity index (χ0) is 18.7. The number of hydrogen-bond donors (Lipinski definition) is 1. The number of thiophene rings is 1. The maximum atomic E-state index is 11.9. The van der Waals surface area contributed by atoms with Gasteiger partial charge in [-0.3, -0.25) is 10.1 Å². The van der Waals surface area contributed by atoms with Gasteiger partial charge in [0.1, 0.15) is 0 Å². The number of rotatable bonds is 7. The highest BCUT2D eigenvalue weighted by Crippen LogP contribution is 2.35. The molecule has 13 heteroatoms. The van der Waals surface area contributed by atoms with Crippen molar-refractivity contribution in [3.63, 3.8) is 0 Å². The minimum Gasteiger partial charge on any atom is -0.258 e. The third-order valence-electron chi connectivity index (χ3n) is 3.29. The molecular formula is C13H12N6O4S3. The first kappa shape index (κ1) is 18.4. The second-order valence-electron chi connectivity index (χ2n) is 4.89. The van der Waals surface area contributed by atoms with E-state index in [2.05, 4.69) is 20.2 Å². The quantitative estimate of drug-likeness (QED) is 0.458. The van der Waals surface area contributed by atoms with Gasteiger partial charge in [-0.2, -0.15) is 0 Å². The predicted octanol–water partition coefficient (Wildman–Crippen LogP) is 1.75. The van der Waals surface area contributed by atoms with Gasteiger partial charge in [0, 0.05) is 10.9 Å². The molecule has 2 heterocycles. The molecule has 1 aromatic carbocycles. The molecule has 0 saturated carbocycles. The van der Waals surface area contributed by atoms with E-state index in [1.165, 1.54) is 23.9 Å². The largest absolute Gasteiger partial charge is 0.284 e. The van der Waals surface area contributed by atoms with Crippen LogP contribution in [0.4, 0.5) is 5.69 Å². The van der Waals surface area contributed by atoms with E-state index < -0.39 is 14.9 Å². The zero-order valence-corrected chi connectivity index (χ0v) is 15.7. The first-order valence-electron chi connectivity index (χ1n) is 7.09. The summed E-state index contributed by atoms with van der Waals surface area (Å²) in [5.41, 5.74) is -0.336. The molecule has 1 N–H and O–H groups in total. The van der Waals surface area contributed by atoms with Gasteiger partial charge in [-0.05, 0) is 52.8 Å². The van der Waals surface area contributed by atoms with Crippen LogP contribution in [0.15, 0.2) is 50.7 Å². The molecule has 0 atom stereocenters. The standard InChI is InChI=1S/C13H12N6O4S3/c1-14-26(22,23)10-4-5-12(11(7-10)19(20)21)25-13-15-16-17-18(13)8-9-3-2-6-24-9/h2-7,14H,8H2,1H3. The Kier molecular flexibility index (Phi) is 5.31. The van der Waals surface area contributed by atoms with Gasteiger partial charge >= 0.3 is 0 Å². The summed E-state index contributed by atoms with van der Waals surface area (Å²) in [6.07, 6.45) is 0. The Labute approximate surface area is 156 Å². The summed E-state index contributed by atoms with van der Waals surface area (Å²) in [4.78, 5) is 11.8. The summed E-state index contributed by atoms with van der Waals surface area (Å²) < 4.78 is 27.4. The highest BCUT2D eigenvalue weighted by molar-refractivity contribution is 7.99. The minimum absolute atomic E-state index is 0.186. The Hall–Kier alpha value is -2.35. The van der Waals surface area contributed by atoms with Gasteiger partial charge in [0.2, 0.25) is 15.2 Å². The van der Waals surface area contributed by atoms with Crippen LogP contribution < -0.4 is 4.72 Å². The molecule has 0 spiro atoms. The second-order valence-corrected chi connectivity index (χ2v) is 8.82. The van der Waals surface area contributed by atoms with Crippen LogP contribution in [-0.2, 0) is 16.6 Å². The van der Waals surface area contributed by atoms with E-state index in [9.17, 15) is 18.5 Å². The van der Waals surface area contributed by atoms with Crippen molar-refractivity contribution >= 4 is 38.8 Å². The topological polar surface area (TPSA) is 133 Å². The number of nitrogens with zero attached hydrogens (tertiary/aromatic N) is 5. The van der Waals surface area contributed by atoms with E-state index in [1.807, 2.05) is 17.5 Å². The van der Waals surface area contributed by atoms with Crippen molar-refractivity contribution in [3.8, 4) is 0 Å². The van der Waals surface area contributed by atoms with Crippen LogP contribution in [0.25, 0.3) is 0 Å². The molecule has 0 amide bonds. The van der Waals surface area contributed by atoms with Gasteiger partial charge < -0.3 is 0 Å². The fourth-order valence-electron chi connectivity index (χ4n) is 2.03. The second kappa shape index (κ2) is 7.49. The lowest BCUT2D eigenvalue weighted by molar-refractivity contribution is -0.388. The molecule has 0 saturated heterocycles. The molecule has 0 aliphatic rings. The molecule has 3 rings (SSSR count). The third-order valence-corrected chi connectivity index (χ3v) is 6.61. The molecule has 0 aliphatic heterocycles. The Morgan fingerprint density at radius 3 is 2.85 bits per heavy atom. The van der Waals surface area contributed by atoms with E-state index in [0.29, 0.717) is 11.7 Å². The predicted molar refractivity (Wildman–Crippen MR) is 94.7 cm³/mol. The van der Waals surface area contributed by atoms with E-state index in [0.717, 1.165) is 22.7 Å². The van der Waals surface area contributed by atoms with E-state index in [1.54, 1.807) is 11.3 Å². The Balaban J connectivity index is 1.93. The van der Waals surface area contributed by atoms with Crippen molar-refractivity contribution in [3.05, 3.63) is 50.7 Å². The van der Waals surface area contributed by atoms with Gasteiger partial charge in [0.15, 0.2) is 0 Å². The van der Waals surface area contributed by atoms with E-state index in [-0.39, 0.29) is 15.5 Å². The normalized spacial score (nSPS) is 11.6. The van der Waals surface area contributed by atoms with Gasteiger partial charge in [0.05, 0.1) is 21.3 Å². The maximum Gasteiger partial charge on any atom is 0.284 e. The molecule has 10 nitrogen and oxygen atoms in total. The monoisotopic (exact) mass is 412 g/mol. The van der Waals surface area contributed by atoms with Crippen LogP contribution in [0.2, 0.25) is 0 Å². The first-order chi connectivity index (χ1) is 12.4. The number of aromatic nitrogens is 4. The zero-order valence-electron chi connectivity index (χ0n) is 13.3. The van der Waals surface area contributed by atoms with Gasteiger partial charge in [-0.15, -0.1) is 16.4 Å². The fraction of sp³-hybridized carbons (Fsp3) is 0.154. The van der Waals surface area contributed by atoms with Gasteiger partial charge in [-0.1, -0.05) is 6.07 Å². The first-order valence-corrected chi connectivity index (χ1v) is 10.3. The van der Waals surface area contributed by atoms with Crippen LogP contribution >= 0.6 is 23.1 Å². The number of nitro benzene ring substituents is 1. The number of tetrazole rings is 1. The molecule has 26 heavy (non-hydrogen) atoms. The lowest BCUT2D eigenvalue weighted by Gasteiger charge is -2.06. The van der Waals surface area contributed by atoms with E-state index in [4.69, 9.17) is 0 Å². The minimum atomic E-state index is -3.78. The van der Waals surface area contributed by atoms with Crippen LogP contribution in [0.1, 0.15) is 4.88 Å². The number of benzene rings is 1. The van der Waals surface area contributed by atoms with Crippen molar-refractivity contribution in [2.75, 3.05) is 7.05 Å². The van der Waals surface area contributed by atoms with Crippen molar-refractivity contribution in [2.45, 2.75) is 21.5 Å². The summed E-state index contributed by atoms with van der Waals surface area (Å²) in [7, 11) is -2.54. The molecular weight excluding hydrogens is 400 g/mol. The number of nitro groups is 1. The summed E-state index contributed by atoms with van der Waals surface area (Å²) >= 11 is 2.54. The highest BCUT2D eigenvalue weighted by atomic mass is 32.2.